The van der Waals surface area contributed by atoms with Crippen LogP contribution in [0, 0.1) is 6.92 Å². The topological polar surface area (TPSA) is 26.0 Å². The fraction of sp³-hybridized carbons (Fsp3) is 0.571. The zero-order valence-corrected chi connectivity index (χ0v) is 9.63. The van der Waals surface area contributed by atoms with Crippen LogP contribution in [0.5, 0.6) is 0 Å². The Hall–Kier alpha value is -0.820. The molecular formula is C14H21N. The van der Waals surface area contributed by atoms with Crippen LogP contribution in [0.25, 0.3) is 0 Å². The summed E-state index contributed by atoms with van der Waals surface area (Å²) in [5.74, 6) is 0. The van der Waals surface area contributed by atoms with E-state index in [9.17, 15) is 0 Å². The monoisotopic (exact) mass is 203 g/mol. The minimum absolute atomic E-state index is 0.284. The summed E-state index contributed by atoms with van der Waals surface area (Å²) in [7, 11) is 0. The lowest BCUT2D eigenvalue weighted by Gasteiger charge is -2.36. The van der Waals surface area contributed by atoms with Gasteiger partial charge >= 0.3 is 0 Å². The van der Waals surface area contributed by atoms with Gasteiger partial charge in [-0.1, -0.05) is 49.1 Å². The van der Waals surface area contributed by atoms with E-state index in [-0.39, 0.29) is 5.41 Å². The summed E-state index contributed by atoms with van der Waals surface area (Å²) in [6, 6.07) is 8.96. The van der Waals surface area contributed by atoms with E-state index in [0.717, 1.165) is 6.54 Å². The van der Waals surface area contributed by atoms with Crippen molar-refractivity contribution in [1.29, 1.82) is 0 Å². The highest BCUT2D eigenvalue weighted by Crippen LogP contribution is 2.38. The van der Waals surface area contributed by atoms with Gasteiger partial charge in [-0.3, -0.25) is 0 Å². The summed E-state index contributed by atoms with van der Waals surface area (Å²) in [5, 5.41) is 0. The first-order chi connectivity index (χ1) is 7.27. The predicted octanol–water partition coefficient (Wildman–Crippen LogP) is 3.16. The van der Waals surface area contributed by atoms with E-state index < -0.39 is 0 Å². The van der Waals surface area contributed by atoms with Gasteiger partial charge in [-0.2, -0.15) is 0 Å². The maximum atomic E-state index is 6.01. The summed E-state index contributed by atoms with van der Waals surface area (Å²) in [6.07, 6.45) is 6.60. The number of nitrogens with two attached hydrogens (primary N) is 1. The molecule has 1 saturated carbocycles. The first-order valence-electron chi connectivity index (χ1n) is 6.04. The summed E-state index contributed by atoms with van der Waals surface area (Å²) < 4.78 is 0. The average molecular weight is 203 g/mol. The maximum absolute atomic E-state index is 6.01. The smallest absolute Gasteiger partial charge is 0.00755 e. The molecule has 0 amide bonds. The van der Waals surface area contributed by atoms with Gasteiger partial charge in [0.25, 0.3) is 0 Å². The Morgan fingerprint density at radius 3 is 2.20 bits per heavy atom. The predicted molar refractivity (Wildman–Crippen MR) is 65.0 cm³/mol. The van der Waals surface area contributed by atoms with Gasteiger partial charge in [0.2, 0.25) is 0 Å². The first-order valence-corrected chi connectivity index (χ1v) is 6.04. The maximum Gasteiger partial charge on any atom is 0.00755 e. The van der Waals surface area contributed by atoms with E-state index in [1.807, 2.05) is 0 Å². The molecule has 15 heavy (non-hydrogen) atoms. The molecule has 1 nitrogen and oxygen atoms in total. The molecular weight excluding hydrogens is 182 g/mol. The summed E-state index contributed by atoms with van der Waals surface area (Å²) in [5.41, 5.74) is 9.08. The van der Waals surface area contributed by atoms with Crippen molar-refractivity contribution >= 4 is 0 Å². The molecule has 1 aliphatic rings. The molecule has 0 heterocycles. The Balaban J connectivity index is 2.28. The van der Waals surface area contributed by atoms with Gasteiger partial charge in [-0.25, -0.2) is 0 Å². The molecule has 0 aromatic heterocycles. The number of hydrogen-bond donors (Lipinski definition) is 1. The van der Waals surface area contributed by atoms with Crippen molar-refractivity contribution in [1.82, 2.24) is 0 Å². The van der Waals surface area contributed by atoms with Gasteiger partial charge in [0.05, 0.1) is 0 Å². The van der Waals surface area contributed by atoms with Crippen molar-refractivity contribution < 1.29 is 0 Å². The second-order valence-corrected chi connectivity index (χ2v) is 4.91. The lowest BCUT2D eigenvalue weighted by atomic mass is 9.69. The van der Waals surface area contributed by atoms with Crippen molar-refractivity contribution in [2.75, 3.05) is 6.54 Å². The molecule has 0 aliphatic heterocycles. The first kappa shape index (κ1) is 10.7. The largest absolute Gasteiger partial charge is 0.330 e. The lowest BCUT2D eigenvalue weighted by molar-refractivity contribution is 0.301. The Morgan fingerprint density at radius 2 is 1.67 bits per heavy atom. The number of rotatable bonds is 2. The normalized spacial score (nSPS) is 20.1. The molecule has 1 aromatic carbocycles. The van der Waals surface area contributed by atoms with Crippen molar-refractivity contribution in [3.05, 3.63) is 35.4 Å². The van der Waals surface area contributed by atoms with E-state index in [4.69, 9.17) is 5.73 Å². The third kappa shape index (κ3) is 2.07. The van der Waals surface area contributed by atoms with Gasteiger partial charge in [0.15, 0.2) is 0 Å². The molecule has 0 atom stereocenters. The van der Waals surface area contributed by atoms with Crippen molar-refractivity contribution in [2.24, 2.45) is 5.73 Å². The minimum Gasteiger partial charge on any atom is -0.330 e. The Morgan fingerprint density at radius 1 is 1.07 bits per heavy atom. The molecule has 82 valence electrons. The average Bonchev–Trinajstić information content (AvgIpc) is 2.31. The van der Waals surface area contributed by atoms with Crippen LogP contribution >= 0.6 is 0 Å². The third-order valence-corrected chi connectivity index (χ3v) is 3.87. The van der Waals surface area contributed by atoms with Gasteiger partial charge in [-0.15, -0.1) is 0 Å². The number of hydrogen-bond acceptors (Lipinski definition) is 1. The SMILES string of the molecule is Cc1ccc(C2(CN)CCCCC2)cc1. The van der Waals surface area contributed by atoms with Gasteiger partial charge < -0.3 is 5.73 Å². The van der Waals surface area contributed by atoms with E-state index >= 15 is 0 Å². The standard InChI is InChI=1S/C14H21N/c1-12-5-7-13(8-6-12)14(11-15)9-3-2-4-10-14/h5-8H,2-4,9-11,15H2,1H3. The number of benzene rings is 1. The second kappa shape index (κ2) is 4.36. The van der Waals surface area contributed by atoms with E-state index in [1.165, 1.54) is 43.2 Å². The lowest BCUT2D eigenvalue weighted by Crippen LogP contribution is -2.37. The van der Waals surface area contributed by atoms with Crippen LogP contribution in [-0.4, -0.2) is 6.54 Å². The van der Waals surface area contributed by atoms with Gasteiger partial charge in [-0.05, 0) is 25.3 Å². The van der Waals surface area contributed by atoms with Crippen molar-refractivity contribution in [3.63, 3.8) is 0 Å². The van der Waals surface area contributed by atoms with Crippen LogP contribution in [0.15, 0.2) is 24.3 Å². The van der Waals surface area contributed by atoms with Crippen LogP contribution in [0.4, 0.5) is 0 Å². The van der Waals surface area contributed by atoms with Crippen LogP contribution in [-0.2, 0) is 5.41 Å². The molecule has 1 aliphatic carbocycles. The van der Waals surface area contributed by atoms with Crippen LogP contribution in [0.3, 0.4) is 0 Å². The molecule has 1 heteroatoms. The molecule has 0 saturated heterocycles. The van der Waals surface area contributed by atoms with Crippen molar-refractivity contribution in [3.8, 4) is 0 Å². The fourth-order valence-electron chi connectivity index (χ4n) is 2.75. The molecule has 1 fully saturated rings. The fourth-order valence-corrected chi connectivity index (χ4v) is 2.75. The summed E-state index contributed by atoms with van der Waals surface area (Å²) in [4.78, 5) is 0. The molecule has 1 aromatic rings. The van der Waals surface area contributed by atoms with Crippen LogP contribution in [0.2, 0.25) is 0 Å². The molecule has 0 unspecified atom stereocenters. The highest BCUT2D eigenvalue weighted by molar-refractivity contribution is 5.29. The van der Waals surface area contributed by atoms with Gasteiger partial charge in [0.1, 0.15) is 0 Å². The molecule has 2 rings (SSSR count). The highest BCUT2D eigenvalue weighted by atomic mass is 14.6. The van der Waals surface area contributed by atoms with Gasteiger partial charge in [0, 0.05) is 12.0 Å². The molecule has 2 N–H and O–H groups in total. The number of aryl methyl sites for hydroxylation is 1. The van der Waals surface area contributed by atoms with E-state index in [2.05, 4.69) is 31.2 Å². The molecule has 0 radical (unpaired) electrons. The zero-order valence-electron chi connectivity index (χ0n) is 9.63. The Labute approximate surface area is 92.7 Å². The molecule has 0 bridgehead atoms. The highest BCUT2D eigenvalue weighted by Gasteiger charge is 2.32. The van der Waals surface area contributed by atoms with E-state index in [1.54, 1.807) is 0 Å². The Bertz CT molecular complexity index is 307. The minimum atomic E-state index is 0.284. The third-order valence-electron chi connectivity index (χ3n) is 3.87. The molecule has 0 spiro atoms. The summed E-state index contributed by atoms with van der Waals surface area (Å²) >= 11 is 0. The van der Waals surface area contributed by atoms with Crippen LogP contribution < -0.4 is 5.73 Å². The van der Waals surface area contributed by atoms with Crippen LogP contribution in [0.1, 0.15) is 43.2 Å². The zero-order chi connectivity index (χ0) is 10.7. The van der Waals surface area contributed by atoms with Crippen molar-refractivity contribution in [2.45, 2.75) is 44.4 Å². The Kier molecular flexibility index (Phi) is 3.11. The van der Waals surface area contributed by atoms with E-state index in [0.29, 0.717) is 0 Å². The quantitative estimate of drug-likeness (QED) is 0.785. The summed E-state index contributed by atoms with van der Waals surface area (Å²) in [6.45, 7) is 2.94. The second-order valence-electron chi connectivity index (χ2n) is 4.91.